The van der Waals surface area contributed by atoms with Crippen molar-refractivity contribution < 1.29 is 66.4 Å². The third-order valence-electron chi connectivity index (χ3n) is 11.1. The number of carboxylic acids is 1. The van der Waals surface area contributed by atoms with Gasteiger partial charge in [0, 0.05) is 53.9 Å². The first-order valence-electron chi connectivity index (χ1n) is 19.6. The van der Waals surface area contributed by atoms with Crippen LogP contribution in [-0.2, 0) is 62.5 Å². The van der Waals surface area contributed by atoms with Crippen LogP contribution in [0.15, 0.2) is 100 Å². The molecule has 16 nitrogen and oxygen atoms in total. The minimum absolute atomic E-state index is 0.00205. The second-order valence-electron chi connectivity index (χ2n) is 16.3. The molecule has 0 aromatic heterocycles. The van der Waals surface area contributed by atoms with Gasteiger partial charge in [-0.05, 0) is 104 Å². The van der Waals surface area contributed by atoms with Crippen LogP contribution in [0.5, 0.6) is 0 Å². The highest BCUT2D eigenvalue weighted by atomic mass is 32.2. The fourth-order valence-electron chi connectivity index (χ4n) is 8.11. The number of fused-ring (bicyclic) bond motifs is 2. The number of benzene rings is 3. The van der Waals surface area contributed by atoms with Gasteiger partial charge in [-0.3, -0.25) is 23.0 Å². The molecule has 2 aliphatic rings. The minimum Gasteiger partial charge on any atom is -0.481 e. The summed E-state index contributed by atoms with van der Waals surface area (Å²) in [7, 11) is -17.8. The summed E-state index contributed by atoms with van der Waals surface area (Å²) in [4.78, 5) is 12.4. The number of hydrogen-bond acceptors (Lipinski definition) is 10. The van der Waals surface area contributed by atoms with E-state index >= 15 is 0 Å². The summed E-state index contributed by atoms with van der Waals surface area (Å²) in [6.45, 7) is 7.56. The van der Waals surface area contributed by atoms with E-state index in [0.29, 0.717) is 58.7 Å². The molecule has 0 radical (unpaired) electrons. The van der Waals surface area contributed by atoms with Gasteiger partial charge in [0.15, 0.2) is 5.71 Å². The third-order valence-corrected chi connectivity index (χ3v) is 14.5. The van der Waals surface area contributed by atoms with Gasteiger partial charge in [0.2, 0.25) is 5.69 Å². The lowest BCUT2D eigenvalue weighted by molar-refractivity contribution is -0.437. The van der Waals surface area contributed by atoms with E-state index in [-0.39, 0.29) is 42.1 Å². The topological polar surface area (TPSA) is 261 Å². The van der Waals surface area contributed by atoms with Crippen molar-refractivity contribution in [3.8, 4) is 0 Å². The summed E-state index contributed by atoms with van der Waals surface area (Å²) in [5.74, 6) is -2.00. The Labute approximate surface area is 363 Å². The molecule has 0 bridgehead atoms. The van der Waals surface area contributed by atoms with Gasteiger partial charge in [0.25, 0.3) is 40.5 Å². The fraction of sp³-hybridized carbons (Fsp3) is 0.381. The molecule has 0 amide bonds. The zero-order valence-electron chi connectivity index (χ0n) is 34.6. The van der Waals surface area contributed by atoms with Crippen LogP contribution in [0.3, 0.4) is 0 Å². The second-order valence-corrected chi connectivity index (χ2v) is 22.3. The Morgan fingerprint density at radius 2 is 1.32 bits per heavy atom. The summed E-state index contributed by atoms with van der Waals surface area (Å²) in [5, 5.41) is 9.25. The lowest BCUT2D eigenvalue weighted by Crippen LogP contribution is -2.28. The van der Waals surface area contributed by atoms with E-state index in [1.807, 2.05) is 85.7 Å². The highest BCUT2D eigenvalue weighted by Gasteiger charge is 2.45. The molecule has 2 heterocycles. The molecule has 336 valence electrons. The van der Waals surface area contributed by atoms with Gasteiger partial charge in [0.05, 0.1) is 26.7 Å². The normalized spacial score (nSPS) is 17.3. The fourth-order valence-corrected chi connectivity index (χ4v) is 10.1. The summed E-state index contributed by atoms with van der Waals surface area (Å²) in [5.41, 5.74) is 3.83. The molecule has 0 spiro atoms. The Morgan fingerprint density at radius 3 is 1.94 bits per heavy atom. The number of carboxylic acid groups (broad SMARTS) is 1. The van der Waals surface area contributed by atoms with Crippen molar-refractivity contribution in [1.82, 2.24) is 0 Å². The number of aryl methyl sites for hydroxylation is 1. The lowest BCUT2D eigenvalue weighted by atomic mass is 9.81. The maximum Gasteiger partial charge on any atom is 0.303 e. The zero-order chi connectivity index (χ0) is 46.1. The van der Waals surface area contributed by atoms with Crippen LogP contribution in [0, 0.1) is 0 Å². The smallest absolute Gasteiger partial charge is 0.303 e. The summed E-state index contributed by atoms with van der Waals surface area (Å²) in [6, 6.07) is 15.7. The Morgan fingerprint density at radius 1 is 0.726 bits per heavy atom. The van der Waals surface area contributed by atoms with Gasteiger partial charge in [-0.2, -0.15) is 38.2 Å². The van der Waals surface area contributed by atoms with Crippen molar-refractivity contribution in [2.24, 2.45) is 0 Å². The van der Waals surface area contributed by atoms with E-state index in [1.165, 1.54) is 36.4 Å². The largest absolute Gasteiger partial charge is 0.481 e. The van der Waals surface area contributed by atoms with E-state index in [2.05, 4.69) is 0 Å². The first-order chi connectivity index (χ1) is 28.6. The SMILES string of the molecule is CC1(C)C(/C=C/C(=C/C=C2/N(CCCS(=O)(=O)O)c3ccc(S(=O)(=O)O)cc3C2(C)C)c2ccccc2CCCCC(=O)O)=[N+](CCCS(=O)(=O)O)c2ccc(S(=O)(=O)O)cc21. The van der Waals surface area contributed by atoms with Crippen molar-refractivity contribution in [2.45, 2.75) is 86.8 Å². The lowest BCUT2D eigenvalue weighted by Gasteiger charge is -2.27. The average molecular weight is 936 g/mol. The van der Waals surface area contributed by atoms with Gasteiger partial charge in [-0.1, -0.05) is 44.2 Å². The van der Waals surface area contributed by atoms with Gasteiger partial charge in [-0.25, -0.2) is 0 Å². The predicted molar refractivity (Wildman–Crippen MR) is 235 cm³/mol. The van der Waals surface area contributed by atoms with Crippen LogP contribution in [0.2, 0.25) is 0 Å². The molecule has 20 heteroatoms. The molecule has 0 aliphatic carbocycles. The Balaban J connectivity index is 1.72. The van der Waals surface area contributed by atoms with Crippen LogP contribution >= 0.6 is 0 Å². The third kappa shape index (κ3) is 11.5. The Bertz CT molecular complexity index is 2840. The molecule has 0 atom stereocenters. The molecule has 0 fully saturated rings. The molecule has 5 rings (SSSR count). The van der Waals surface area contributed by atoms with Crippen molar-refractivity contribution in [1.29, 1.82) is 0 Å². The van der Waals surface area contributed by atoms with E-state index in [1.54, 1.807) is 0 Å². The molecular formula is C42H51N2O14S4+. The standard InChI is InChI=1S/C42H50N2O14S4/c1-41(2)34-27-31(61(53,54)55)17-19-36(34)43(23-9-25-59(47,48)49)38(41)21-15-30(33-13-7-5-11-29(33)12-6-8-14-40(45)46)16-22-39-42(3,4)35-28-32(62(56,57)58)18-20-37(35)44(39)24-10-26-60(50,51)52/h5,7,11,13,15-22,27-28H,6,8-10,12,14,23-26H2,1-4H3,(H4-,45,46,47,48,49,50,51,52,53,54,55,56,57,58)/p+1. The van der Waals surface area contributed by atoms with Crippen LogP contribution in [0.4, 0.5) is 11.4 Å². The number of nitrogens with zero attached hydrogens (tertiary/aromatic N) is 2. The number of carbonyl (C=O) groups is 1. The van der Waals surface area contributed by atoms with Gasteiger partial charge in [-0.15, -0.1) is 0 Å². The molecule has 2 aliphatic heterocycles. The van der Waals surface area contributed by atoms with Crippen molar-refractivity contribution in [2.75, 3.05) is 29.5 Å². The molecule has 3 aromatic rings. The van der Waals surface area contributed by atoms with E-state index < -0.39 is 68.8 Å². The summed E-state index contributed by atoms with van der Waals surface area (Å²) >= 11 is 0. The van der Waals surface area contributed by atoms with Gasteiger partial charge >= 0.3 is 5.97 Å². The average Bonchev–Trinajstić information content (AvgIpc) is 3.49. The molecule has 3 aromatic carbocycles. The predicted octanol–water partition coefficient (Wildman–Crippen LogP) is 6.23. The number of unbranched alkanes of at least 4 members (excludes halogenated alkanes) is 1. The van der Waals surface area contributed by atoms with Gasteiger partial charge in [0.1, 0.15) is 6.54 Å². The van der Waals surface area contributed by atoms with Crippen LogP contribution in [0.1, 0.15) is 82.1 Å². The second kappa shape index (κ2) is 18.3. The quantitative estimate of drug-likeness (QED) is 0.0386. The molecule has 0 saturated carbocycles. The highest BCUT2D eigenvalue weighted by Crippen LogP contribution is 2.49. The van der Waals surface area contributed by atoms with Crippen LogP contribution in [-0.4, -0.2) is 97.8 Å². The Hall–Kier alpha value is -4.54. The van der Waals surface area contributed by atoms with E-state index in [4.69, 9.17) is 0 Å². The summed E-state index contributed by atoms with van der Waals surface area (Å²) in [6.07, 6.45) is 8.74. The zero-order valence-corrected chi connectivity index (χ0v) is 37.9. The molecule has 62 heavy (non-hydrogen) atoms. The number of anilines is 1. The van der Waals surface area contributed by atoms with Crippen molar-refractivity contribution in [3.63, 3.8) is 0 Å². The number of aliphatic carboxylic acids is 1. The summed E-state index contributed by atoms with van der Waals surface area (Å²) < 4.78 is 136. The van der Waals surface area contributed by atoms with Crippen molar-refractivity contribution in [3.05, 3.63) is 113 Å². The monoisotopic (exact) mass is 935 g/mol. The van der Waals surface area contributed by atoms with Crippen LogP contribution in [0.25, 0.3) is 5.57 Å². The molecule has 0 unspecified atom stereocenters. The van der Waals surface area contributed by atoms with Crippen molar-refractivity contribution >= 4 is 69.1 Å². The first kappa shape index (κ1) is 48.5. The van der Waals surface area contributed by atoms with E-state index in [0.717, 1.165) is 11.1 Å². The van der Waals surface area contributed by atoms with E-state index in [9.17, 15) is 61.8 Å². The Kier molecular flexibility index (Phi) is 14.3. The molecular weight excluding hydrogens is 885 g/mol. The number of hydrogen-bond donors (Lipinski definition) is 5. The van der Waals surface area contributed by atoms with Crippen LogP contribution < -0.4 is 4.90 Å². The molecule has 0 saturated heterocycles. The molecule has 5 N–H and O–H groups in total. The van der Waals surface area contributed by atoms with Gasteiger partial charge < -0.3 is 10.0 Å². The highest BCUT2D eigenvalue weighted by molar-refractivity contribution is 7.86. The first-order valence-corrected chi connectivity index (χ1v) is 25.7. The maximum atomic E-state index is 12.2. The minimum atomic E-state index is -4.59. The number of rotatable bonds is 19. The number of allylic oxidation sites excluding steroid dienone is 6. The maximum absolute atomic E-state index is 12.2.